The van der Waals surface area contributed by atoms with Gasteiger partial charge in [-0.15, -0.1) is 0 Å². The minimum absolute atomic E-state index is 0.211. The summed E-state index contributed by atoms with van der Waals surface area (Å²) in [4.78, 5) is 15.2. The van der Waals surface area contributed by atoms with Crippen molar-refractivity contribution in [2.45, 2.75) is 19.8 Å². The molecular weight excluding hydrogens is 429 g/mol. The van der Waals surface area contributed by atoms with Crippen LogP contribution in [0, 0.1) is 12.7 Å². The van der Waals surface area contributed by atoms with Gasteiger partial charge in [0.25, 0.3) is 0 Å². The number of carbonyl (C=O) groups is 1. The summed E-state index contributed by atoms with van der Waals surface area (Å²) in [6.07, 6.45) is 1.16. The SMILES string of the molecule is Cc1ccccc1-c1cccc2c(CCCOc3ccc(F)c4ccccc34)c(C(=O)O)[nH]c12. The fraction of sp³-hybridized carbons (Fsp3) is 0.138. The number of para-hydroxylation sites is 1. The van der Waals surface area contributed by atoms with E-state index in [1.807, 2.05) is 61.5 Å². The molecule has 4 nitrogen and oxygen atoms in total. The molecular formula is C29H24FNO3. The van der Waals surface area contributed by atoms with Gasteiger partial charge in [0.2, 0.25) is 0 Å². The maximum Gasteiger partial charge on any atom is 0.352 e. The summed E-state index contributed by atoms with van der Waals surface area (Å²) < 4.78 is 20.0. The molecule has 1 heterocycles. The van der Waals surface area contributed by atoms with Crippen LogP contribution in [0.15, 0.2) is 78.9 Å². The van der Waals surface area contributed by atoms with Gasteiger partial charge in [0, 0.05) is 21.7 Å². The summed E-state index contributed by atoms with van der Waals surface area (Å²) in [7, 11) is 0. The number of rotatable bonds is 7. The van der Waals surface area contributed by atoms with Crippen LogP contribution in [0.3, 0.4) is 0 Å². The van der Waals surface area contributed by atoms with Crippen LogP contribution >= 0.6 is 0 Å². The van der Waals surface area contributed by atoms with E-state index in [0.717, 1.165) is 38.5 Å². The number of aromatic nitrogens is 1. The first kappa shape index (κ1) is 21.7. The number of carboxylic acids is 1. The van der Waals surface area contributed by atoms with E-state index in [2.05, 4.69) is 4.98 Å². The number of benzene rings is 4. The van der Waals surface area contributed by atoms with Gasteiger partial charge in [-0.05, 0) is 48.6 Å². The molecule has 1 aromatic heterocycles. The van der Waals surface area contributed by atoms with Crippen molar-refractivity contribution >= 4 is 27.6 Å². The van der Waals surface area contributed by atoms with Gasteiger partial charge in [0.1, 0.15) is 17.3 Å². The third kappa shape index (κ3) is 3.90. The lowest BCUT2D eigenvalue weighted by Crippen LogP contribution is -2.04. The number of nitrogens with one attached hydrogen (secondary N) is 1. The molecule has 5 rings (SSSR count). The van der Waals surface area contributed by atoms with Crippen LogP contribution in [0.4, 0.5) is 4.39 Å². The Kier molecular flexibility index (Phi) is 5.76. The minimum atomic E-state index is -0.979. The summed E-state index contributed by atoms with van der Waals surface area (Å²) in [5, 5.41) is 12.0. The first-order chi connectivity index (χ1) is 16.5. The van der Waals surface area contributed by atoms with Gasteiger partial charge in [-0.25, -0.2) is 9.18 Å². The molecule has 0 radical (unpaired) electrons. The molecule has 34 heavy (non-hydrogen) atoms. The second kappa shape index (κ2) is 9.02. The highest BCUT2D eigenvalue weighted by molar-refractivity contribution is 6.03. The van der Waals surface area contributed by atoms with Crippen molar-refractivity contribution in [3.05, 3.63) is 102 Å². The highest BCUT2D eigenvalue weighted by Crippen LogP contribution is 2.34. The number of aromatic amines is 1. The molecule has 0 aliphatic rings. The van der Waals surface area contributed by atoms with Crippen molar-refractivity contribution in [2.75, 3.05) is 6.61 Å². The standard InChI is InChI=1S/C29H24FNO3/c1-18-8-2-3-9-19(18)22-12-6-13-23-24(28(29(32)33)31-27(22)23)14-7-17-34-26-16-15-25(30)20-10-4-5-11-21(20)26/h2-6,8-13,15-16,31H,7,14,17H2,1H3,(H,32,33). The Hall–Kier alpha value is -4.12. The minimum Gasteiger partial charge on any atom is -0.493 e. The molecule has 4 aromatic carbocycles. The molecule has 2 N–H and O–H groups in total. The predicted molar refractivity (Wildman–Crippen MR) is 133 cm³/mol. The van der Waals surface area contributed by atoms with E-state index in [1.54, 1.807) is 18.2 Å². The van der Waals surface area contributed by atoms with Crippen molar-refractivity contribution in [1.29, 1.82) is 0 Å². The maximum atomic E-state index is 14.1. The van der Waals surface area contributed by atoms with Crippen LogP contribution in [-0.4, -0.2) is 22.7 Å². The highest BCUT2D eigenvalue weighted by atomic mass is 19.1. The zero-order valence-electron chi connectivity index (χ0n) is 18.8. The molecule has 0 bridgehead atoms. The van der Waals surface area contributed by atoms with Crippen molar-refractivity contribution in [1.82, 2.24) is 4.98 Å². The summed E-state index contributed by atoms with van der Waals surface area (Å²) in [5.74, 6) is -0.638. The smallest absolute Gasteiger partial charge is 0.352 e. The van der Waals surface area contributed by atoms with E-state index in [-0.39, 0.29) is 11.5 Å². The average Bonchev–Trinajstić information content (AvgIpc) is 3.23. The molecule has 170 valence electrons. The lowest BCUT2D eigenvalue weighted by Gasteiger charge is -2.10. The van der Waals surface area contributed by atoms with Crippen LogP contribution in [-0.2, 0) is 6.42 Å². The van der Waals surface area contributed by atoms with Crippen LogP contribution in [0.25, 0.3) is 32.8 Å². The van der Waals surface area contributed by atoms with Crippen LogP contribution in [0.1, 0.15) is 28.0 Å². The van der Waals surface area contributed by atoms with Crippen LogP contribution in [0.2, 0.25) is 0 Å². The molecule has 0 unspecified atom stereocenters. The molecule has 0 amide bonds. The third-order valence-corrected chi connectivity index (χ3v) is 6.25. The fourth-order valence-corrected chi connectivity index (χ4v) is 4.61. The van der Waals surface area contributed by atoms with Gasteiger partial charge in [0.15, 0.2) is 0 Å². The Balaban J connectivity index is 1.42. The molecule has 5 heteroatoms. The van der Waals surface area contributed by atoms with Crippen molar-refractivity contribution < 1.29 is 19.0 Å². The largest absolute Gasteiger partial charge is 0.493 e. The molecule has 0 atom stereocenters. The Morgan fingerprint density at radius 3 is 2.38 bits per heavy atom. The fourth-order valence-electron chi connectivity index (χ4n) is 4.61. The topological polar surface area (TPSA) is 62.3 Å². The van der Waals surface area contributed by atoms with Crippen molar-refractivity contribution in [2.24, 2.45) is 0 Å². The Bertz CT molecular complexity index is 1520. The van der Waals surface area contributed by atoms with E-state index in [4.69, 9.17) is 4.74 Å². The molecule has 5 aromatic rings. The van der Waals surface area contributed by atoms with E-state index in [0.29, 0.717) is 30.6 Å². The Morgan fingerprint density at radius 2 is 1.59 bits per heavy atom. The molecule has 0 aliphatic heterocycles. The number of halogens is 1. The first-order valence-electron chi connectivity index (χ1n) is 11.3. The van der Waals surface area contributed by atoms with Gasteiger partial charge in [-0.3, -0.25) is 0 Å². The number of aryl methyl sites for hydroxylation is 2. The molecule has 0 saturated carbocycles. The number of aromatic carboxylic acids is 1. The van der Waals surface area contributed by atoms with E-state index < -0.39 is 5.97 Å². The second-order valence-electron chi connectivity index (χ2n) is 8.37. The number of hydrogen-bond donors (Lipinski definition) is 2. The number of ether oxygens (including phenoxy) is 1. The van der Waals surface area contributed by atoms with Gasteiger partial charge in [-0.1, -0.05) is 66.7 Å². The number of carboxylic acid groups (broad SMARTS) is 1. The van der Waals surface area contributed by atoms with Crippen molar-refractivity contribution in [3.63, 3.8) is 0 Å². The number of hydrogen-bond acceptors (Lipinski definition) is 2. The molecule has 0 spiro atoms. The number of H-pyrrole nitrogens is 1. The number of fused-ring (bicyclic) bond motifs is 2. The second-order valence-corrected chi connectivity index (χ2v) is 8.37. The zero-order valence-corrected chi connectivity index (χ0v) is 18.8. The third-order valence-electron chi connectivity index (χ3n) is 6.25. The van der Waals surface area contributed by atoms with Gasteiger partial charge in [0.05, 0.1) is 12.1 Å². The Morgan fingerprint density at radius 1 is 0.882 bits per heavy atom. The summed E-state index contributed by atoms with van der Waals surface area (Å²) in [6, 6.07) is 24.3. The van der Waals surface area contributed by atoms with Gasteiger partial charge >= 0.3 is 5.97 Å². The predicted octanol–water partition coefficient (Wildman–Crippen LogP) is 7.15. The van der Waals surface area contributed by atoms with E-state index in [9.17, 15) is 14.3 Å². The van der Waals surface area contributed by atoms with Gasteiger partial charge < -0.3 is 14.8 Å². The summed E-state index contributed by atoms with van der Waals surface area (Å²) in [6.45, 7) is 2.44. The monoisotopic (exact) mass is 453 g/mol. The zero-order chi connectivity index (χ0) is 23.7. The lowest BCUT2D eigenvalue weighted by molar-refractivity contribution is 0.0690. The molecule has 0 aliphatic carbocycles. The summed E-state index contributed by atoms with van der Waals surface area (Å²) >= 11 is 0. The first-order valence-corrected chi connectivity index (χ1v) is 11.3. The van der Waals surface area contributed by atoms with E-state index >= 15 is 0 Å². The lowest BCUT2D eigenvalue weighted by atomic mass is 9.97. The van der Waals surface area contributed by atoms with Crippen LogP contribution < -0.4 is 4.74 Å². The molecule has 0 fully saturated rings. The van der Waals surface area contributed by atoms with E-state index in [1.165, 1.54) is 6.07 Å². The maximum absolute atomic E-state index is 14.1. The summed E-state index contributed by atoms with van der Waals surface area (Å²) in [5.41, 5.74) is 4.99. The average molecular weight is 454 g/mol. The van der Waals surface area contributed by atoms with Gasteiger partial charge in [-0.2, -0.15) is 0 Å². The quantitative estimate of drug-likeness (QED) is 0.257. The van der Waals surface area contributed by atoms with Crippen LogP contribution in [0.5, 0.6) is 5.75 Å². The Labute approximate surface area is 196 Å². The van der Waals surface area contributed by atoms with Crippen molar-refractivity contribution in [3.8, 4) is 16.9 Å². The normalized spacial score (nSPS) is 11.2. The molecule has 0 saturated heterocycles. The highest BCUT2D eigenvalue weighted by Gasteiger charge is 2.19.